The maximum absolute atomic E-state index is 4.45. The lowest BCUT2D eigenvalue weighted by Crippen LogP contribution is -2.43. The van der Waals surface area contributed by atoms with E-state index in [1.165, 1.54) is 50.0 Å². The lowest BCUT2D eigenvalue weighted by atomic mass is 10.0. The van der Waals surface area contributed by atoms with Crippen molar-refractivity contribution in [2.75, 3.05) is 13.1 Å². The van der Waals surface area contributed by atoms with Crippen LogP contribution in [0.15, 0.2) is 6.20 Å². The highest BCUT2D eigenvalue weighted by Crippen LogP contribution is 2.26. The second-order valence-electron chi connectivity index (χ2n) is 5.80. The Hall–Kier alpha value is -0.870. The first-order valence-corrected chi connectivity index (χ1v) is 7.20. The number of aromatic nitrogens is 2. The van der Waals surface area contributed by atoms with E-state index >= 15 is 0 Å². The Morgan fingerprint density at radius 1 is 1.39 bits per heavy atom. The summed E-state index contributed by atoms with van der Waals surface area (Å²) in [5.41, 5.74) is 2.57. The molecule has 2 aliphatic heterocycles. The van der Waals surface area contributed by atoms with E-state index in [-0.39, 0.29) is 0 Å². The fourth-order valence-electron chi connectivity index (χ4n) is 3.57. The molecule has 0 radical (unpaired) electrons. The Balaban J connectivity index is 1.69. The van der Waals surface area contributed by atoms with Crippen molar-refractivity contribution >= 4 is 0 Å². The van der Waals surface area contributed by atoms with Crippen LogP contribution in [0.1, 0.15) is 36.9 Å². The molecule has 2 atom stereocenters. The van der Waals surface area contributed by atoms with Gasteiger partial charge in [0.25, 0.3) is 0 Å². The minimum Gasteiger partial charge on any atom is -0.312 e. The van der Waals surface area contributed by atoms with Gasteiger partial charge in [-0.3, -0.25) is 9.58 Å². The molecule has 3 heterocycles. The van der Waals surface area contributed by atoms with Crippen molar-refractivity contribution < 1.29 is 0 Å². The molecule has 0 saturated carbocycles. The van der Waals surface area contributed by atoms with Crippen molar-refractivity contribution in [1.82, 2.24) is 20.0 Å². The van der Waals surface area contributed by atoms with Crippen molar-refractivity contribution in [3.8, 4) is 0 Å². The van der Waals surface area contributed by atoms with Gasteiger partial charge in [0.2, 0.25) is 0 Å². The maximum Gasteiger partial charge on any atom is 0.0638 e. The SMILES string of the molecule is Cc1nn(C)cc1CN1CCCC1C1CCCN1. The monoisotopic (exact) mass is 248 g/mol. The number of likely N-dealkylation sites (tertiary alicyclic amines) is 1. The molecule has 0 aromatic carbocycles. The van der Waals surface area contributed by atoms with Gasteiger partial charge in [-0.05, 0) is 45.7 Å². The third kappa shape index (κ3) is 2.31. The standard InChI is InChI=1S/C14H24N4/c1-11-12(9-17(2)16-11)10-18-8-4-6-14(18)13-5-3-7-15-13/h9,13-15H,3-8,10H2,1-2H3. The summed E-state index contributed by atoms with van der Waals surface area (Å²) in [6.45, 7) is 5.65. The predicted molar refractivity (Wildman–Crippen MR) is 72.4 cm³/mol. The Morgan fingerprint density at radius 3 is 2.94 bits per heavy atom. The van der Waals surface area contributed by atoms with Crippen LogP contribution >= 0.6 is 0 Å². The zero-order valence-electron chi connectivity index (χ0n) is 11.5. The van der Waals surface area contributed by atoms with Crippen LogP contribution in [0.5, 0.6) is 0 Å². The van der Waals surface area contributed by atoms with E-state index in [2.05, 4.69) is 28.4 Å². The molecule has 18 heavy (non-hydrogen) atoms. The van der Waals surface area contributed by atoms with Crippen molar-refractivity contribution in [1.29, 1.82) is 0 Å². The van der Waals surface area contributed by atoms with Crippen LogP contribution in [0.25, 0.3) is 0 Å². The first kappa shape index (κ1) is 12.2. The molecule has 2 fully saturated rings. The summed E-state index contributed by atoms with van der Waals surface area (Å²) in [7, 11) is 2.01. The molecule has 1 N–H and O–H groups in total. The van der Waals surface area contributed by atoms with Crippen LogP contribution < -0.4 is 5.32 Å². The zero-order chi connectivity index (χ0) is 12.5. The van der Waals surface area contributed by atoms with E-state index in [0.29, 0.717) is 0 Å². The molecule has 0 amide bonds. The molecular formula is C14H24N4. The van der Waals surface area contributed by atoms with Crippen LogP contribution in [0.2, 0.25) is 0 Å². The largest absolute Gasteiger partial charge is 0.312 e. The minimum atomic E-state index is 0.726. The van der Waals surface area contributed by atoms with Crippen LogP contribution in [0, 0.1) is 6.92 Å². The molecule has 1 aromatic rings. The van der Waals surface area contributed by atoms with Gasteiger partial charge in [-0.15, -0.1) is 0 Å². The van der Waals surface area contributed by atoms with Gasteiger partial charge < -0.3 is 5.32 Å². The van der Waals surface area contributed by atoms with Gasteiger partial charge in [0.05, 0.1) is 5.69 Å². The average molecular weight is 248 g/mol. The number of nitrogens with one attached hydrogen (secondary N) is 1. The molecule has 2 saturated heterocycles. The number of rotatable bonds is 3. The summed E-state index contributed by atoms with van der Waals surface area (Å²) in [4.78, 5) is 2.66. The Morgan fingerprint density at radius 2 is 2.28 bits per heavy atom. The molecule has 4 nitrogen and oxygen atoms in total. The molecule has 3 rings (SSSR count). The fourth-order valence-corrected chi connectivity index (χ4v) is 3.57. The molecule has 100 valence electrons. The smallest absolute Gasteiger partial charge is 0.0638 e. The molecule has 0 aliphatic carbocycles. The van der Waals surface area contributed by atoms with Crippen molar-refractivity contribution in [3.05, 3.63) is 17.5 Å². The normalized spacial score (nSPS) is 29.2. The quantitative estimate of drug-likeness (QED) is 0.879. The van der Waals surface area contributed by atoms with Crippen molar-refractivity contribution in [3.63, 3.8) is 0 Å². The predicted octanol–water partition coefficient (Wildman–Crippen LogP) is 1.44. The Labute approximate surface area is 109 Å². The average Bonchev–Trinajstić information content (AvgIpc) is 3.01. The summed E-state index contributed by atoms with van der Waals surface area (Å²) in [5.74, 6) is 0. The molecule has 2 aliphatic rings. The highest BCUT2D eigenvalue weighted by Gasteiger charge is 2.33. The molecule has 4 heteroatoms. The molecule has 0 spiro atoms. The summed E-state index contributed by atoms with van der Waals surface area (Å²) in [5, 5.41) is 8.12. The molecule has 0 bridgehead atoms. The van der Waals surface area contributed by atoms with E-state index in [9.17, 15) is 0 Å². The van der Waals surface area contributed by atoms with Crippen LogP contribution in [-0.4, -0.2) is 39.9 Å². The lowest BCUT2D eigenvalue weighted by molar-refractivity contribution is 0.206. The van der Waals surface area contributed by atoms with Gasteiger partial charge in [0.15, 0.2) is 0 Å². The van der Waals surface area contributed by atoms with E-state index in [1.807, 2.05) is 11.7 Å². The van der Waals surface area contributed by atoms with Gasteiger partial charge >= 0.3 is 0 Å². The summed E-state index contributed by atoms with van der Waals surface area (Å²) in [6.07, 6.45) is 7.58. The van der Waals surface area contributed by atoms with E-state index in [0.717, 1.165) is 18.6 Å². The topological polar surface area (TPSA) is 33.1 Å². The van der Waals surface area contributed by atoms with Crippen molar-refractivity contribution in [2.45, 2.75) is 51.2 Å². The molecular weight excluding hydrogens is 224 g/mol. The highest BCUT2D eigenvalue weighted by molar-refractivity contribution is 5.15. The first-order chi connectivity index (χ1) is 8.74. The number of nitrogens with zero attached hydrogens (tertiary/aromatic N) is 3. The van der Waals surface area contributed by atoms with Gasteiger partial charge in [0, 0.05) is 37.4 Å². The van der Waals surface area contributed by atoms with Crippen LogP contribution in [-0.2, 0) is 13.6 Å². The van der Waals surface area contributed by atoms with Gasteiger partial charge in [-0.1, -0.05) is 0 Å². The first-order valence-electron chi connectivity index (χ1n) is 7.20. The van der Waals surface area contributed by atoms with Gasteiger partial charge in [-0.25, -0.2) is 0 Å². The number of hydrogen-bond acceptors (Lipinski definition) is 3. The molecule has 2 unspecified atom stereocenters. The lowest BCUT2D eigenvalue weighted by Gasteiger charge is -2.29. The molecule has 1 aromatic heterocycles. The number of aryl methyl sites for hydroxylation is 2. The van der Waals surface area contributed by atoms with E-state index < -0.39 is 0 Å². The second kappa shape index (κ2) is 5.02. The van der Waals surface area contributed by atoms with E-state index in [4.69, 9.17) is 0 Å². The highest BCUT2D eigenvalue weighted by atomic mass is 15.3. The summed E-state index contributed by atoms with van der Waals surface area (Å²) in [6, 6.07) is 1.47. The van der Waals surface area contributed by atoms with Crippen molar-refractivity contribution in [2.24, 2.45) is 7.05 Å². The van der Waals surface area contributed by atoms with Gasteiger partial charge in [0.1, 0.15) is 0 Å². The maximum atomic E-state index is 4.45. The van der Waals surface area contributed by atoms with Gasteiger partial charge in [-0.2, -0.15) is 5.10 Å². The minimum absolute atomic E-state index is 0.726. The second-order valence-corrected chi connectivity index (χ2v) is 5.80. The Bertz CT molecular complexity index is 406. The fraction of sp³-hybridized carbons (Fsp3) is 0.786. The van der Waals surface area contributed by atoms with Crippen LogP contribution in [0.4, 0.5) is 0 Å². The van der Waals surface area contributed by atoms with E-state index in [1.54, 1.807) is 0 Å². The third-order valence-electron chi connectivity index (χ3n) is 4.47. The third-order valence-corrected chi connectivity index (χ3v) is 4.47. The van der Waals surface area contributed by atoms with Crippen LogP contribution in [0.3, 0.4) is 0 Å². The number of hydrogen-bond donors (Lipinski definition) is 1. The summed E-state index contributed by atoms with van der Waals surface area (Å²) >= 11 is 0. The Kier molecular flexibility index (Phi) is 3.39. The summed E-state index contributed by atoms with van der Waals surface area (Å²) < 4.78 is 1.93. The zero-order valence-corrected chi connectivity index (χ0v) is 11.5.